The van der Waals surface area contributed by atoms with Crippen molar-refractivity contribution in [3.63, 3.8) is 0 Å². The summed E-state index contributed by atoms with van der Waals surface area (Å²) in [6.45, 7) is 10.7. The van der Waals surface area contributed by atoms with E-state index in [0.717, 1.165) is 37.2 Å². The predicted molar refractivity (Wildman–Crippen MR) is 91.5 cm³/mol. The zero-order chi connectivity index (χ0) is 15.6. The van der Waals surface area contributed by atoms with Crippen molar-refractivity contribution in [1.29, 1.82) is 0 Å². The van der Waals surface area contributed by atoms with Crippen LogP contribution < -0.4 is 10.2 Å². The SMILES string of the molecule is CCC(C)C1CN(c2cc(F)c(Br)cc2C)C(CC)CN1. The first-order valence-electron chi connectivity index (χ1n) is 7.93. The molecule has 118 valence electrons. The van der Waals surface area contributed by atoms with E-state index in [2.05, 4.69) is 53.8 Å². The Balaban J connectivity index is 2.31. The van der Waals surface area contributed by atoms with Crippen LogP contribution >= 0.6 is 15.9 Å². The first-order valence-corrected chi connectivity index (χ1v) is 8.72. The predicted octanol–water partition coefficient (Wildman–Crippen LogP) is 4.50. The Morgan fingerprint density at radius 2 is 2.14 bits per heavy atom. The molecule has 1 aliphatic heterocycles. The minimum absolute atomic E-state index is 0.177. The van der Waals surface area contributed by atoms with Gasteiger partial charge in [0.05, 0.1) is 4.47 Å². The molecule has 2 rings (SSSR count). The third-order valence-electron chi connectivity index (χ3n) is 4.80. The van der Waals surface area contributed by atoms with E-state index in [0.29, 0.717) is 22.5 Å². The maximum atomic E-state index is 14.0. The third kappa shape index (κ3) is 3.59. The number of hydrogen-bond acceptors (Lipinski definition) is 2. The second-order valence-corrected chi connectivity index (χ2v) is 7.02. The molecule has 1 aromatic rings. The van der Waals surface area contributed by atoms with Gasteiger partial charge in [-0.2, -0.15) is 0 Å². The highest BCUT2D eigenvalue weighted by molar-refractivity contribution is 9.10. The molecule has 3 atom stereocenters. The van der Waals surface area contributed by atoms with Gasteiger partial charge in [0.15, 0.2) is 0 Å². The zero-order valence-electron chi connectivity index (χ0n) is 13.4. The van der Waals surface area contributed by atoms with Crippen molar-refractivity contribution in [2.24, 2.45) is 5.92 Å². The molecule has 1 heterocycles. The summed E-state index contributed by atoms with van der Waals surface area (Å²) in [6.07, 6.45) is 2.23. The molecule has 0 spiro atoms. The van der Waals surface area contributed by atoms with Crippen molar-refractivity contribution in [3.8, 4) is 0 Å². The molecule has 3 unspecified atom stereocenters. The molecular weight excluding hydrogens is 331 g/mol. The van der Waals surface area contributed by atoms with Gasteiger partial charge in [-0.1, -0.05) is 27.2 Å². The molecule has 0 aliphatic carbocycles. The van der Waals surface area contributed by atoms with E-state index in [9.17, 15) is 4.39 Å². The third-order valence-corrected chi connectivity index (χ3v) is 5.41. The smallest absolute Gasteiger partial charge is 0.139 e. The molecule has 1 saturated heterocycles. The van der Waals surface area contributed by atoms with Crippen LogP contribution in [-0.4, -0.2) is 25.2 Å². The Morgan fingerprint density at radius 1 is 1.43 bits per heavy atom. The minimum Gasteiger partial charge on any atom is -0.365 e. The van der Waals surface area contributed by atoms with Crippen LogP contribution in [0, 0.1) is 18.7 Å². The number of rotatable bonds is 4. The van der Waals surface area contributed by atoms with Crippen LogP contribution in [0.3, 0.4) is 0 Å². The van der Waals surface area contributed by atoms with Crippen molar-refractivity contribution in [1.82, 2.24) is 5.32 Å². The number of hydrogen-bond donors (Lipinski definition) is 1. The van der Waals surface area contributed by atoms with Gasteiger partial charge in [-0.3, -0.25) is 0 Å². The first-order chi connectivity index (χ1) is 9.97. The van der Waals surface area contributed by atoms with Gasteiger partial charge in [0.1, 0.15) is 5.82 Å². The molecule has 0 radical (unpaired) electrons. The summed E-state index contributed by atoms with van der Waals surface area (Å²) in [6, 6.07) is 4.48. The van der Waals surface area contributed by atoms with Crippen LogP contribution in [0.4, 0.5) is 10.1 Å². The lowest BCUT2D eigenvalue weighted by atomic mass is 9.94. The molecule has 1 N–H and O–H groups in total. The maximum Gasteiger partial charge on any atom is 0.139 e. The summed E-state index contributed by atoms with van der Waals surface area (Å²) >= 11 is 3.28. The fraction of sp³-hybridized carbons (Fsp3) is 0.647. The van der Waals surface area contributed by atoms with E-state index in [1.165, 1.54) is 0 Å². The fourth-order valence-corrected chi connectivity index (χ4v) is 3.55. The minimum atomic E-state index is -0.177. The van der Waals surface area contributed by atoms with E-state index in [-0.39, 0.29) is 5.82 Å². The maximum absolute atomic E-state index is 14.0. The van der Waals surface area contributed by atoms with Gasteiger partial charge in [-0.25, -0.2) is 4.39 Å². The van der Waals surface area contributed by atoms with Gasteiger partial charge in [-0.15, -0.1) is 0 Å². The van der Waals surface area contributed by atoms with Crippen LogP contribution in [-0.2, 0) is 0 Å². The van der Waals surface area contributed by atoms with Crippen molar-refractivity contribution in [2.45, 2.75) is 52.6 Å². The van der Waals surface area contributed by atoms with Crippen LogP contribution in [0.2, 0.25) is 0 Å². The molecule has 1 aromatic carbocycles. The van der Waals surface area contributed by atoms with Gasteiger partial charge in [0, 0.05) is 30.9 Å². The average Bonchev–Trinajstić information content (AvgIpc) is 2.49. The van der Waals surface area contributed by atoms with Crippen LogP contribution in [0.5, 0.6) is 0 Å². The van der Waals surface area contributed by atoms with Crippen molar-refractivity contribution in [2.75, 3.05) is 18.0 Å². The average molecular weight is 357 g/mol. The van der Waals surface area contributed by atoms with Gasteiger partial charge in [-0.05, 0) is 52.9 Å². The molecule has 1 aliphatic rings. The topological polar surface area (TPSA) is 15.3 Å². The Labute approximate surface area is 136 Å². The lowest BCUT2D eigenvalue weighted by Crippen LogP contribution is -2.58. The largest absolute Gasteiger partial charge is 0.365 e. The molecule has 0 aromatic heterocycles. The van der Waals surface area contributed by atoms with Gasteiger partial charge in [0.2, 0.25) is 0 Å². The standard InChI is InChI=1S/C17H26BrFN2/c1-5-11(3)16-10-21(13(6-2)9-20-16)17-8-15(19)14(18)7-12(17)4/h7-8,11,13,16,20H,5-6,9-10H2,1-4H3. The van der Waals surface area contributed by atoms with Crippen LogP contribution in [0.1, 0.15) is 39.2 Å². The highest BCUT2D eigenvalue weighted by Crippen LogP contribution is 2.31. The molecule has 2 nitrogen and oxygen atoms in total. The number of halogens is 2. The normalized spacial score (nSPS) is 24.2. The Hall–Kier alpha value is -0.610. The molecule has 4 heteroatoms. The van der Waals surface area contributed by atoms with Crippen molar-refractivity contribution < 1.29 is 4.39 Å². The van der Waals surface area contributed by atoms with E-state index in [1.54, 1.807) is 6.07 Å². The summed E-state index contributed by atoms with van der Waals surface area (Å²) in [4.78, 5) is 2.40. The summed E-state index contributed by atoms with van der Waals surface area (Å²) in [5.74, 6) is 0.454. The number of nitrogens with one attached hydrogen (secondary N) is 1. The molecule has 0 saturated carbocycles. The van der Waals surface area contributed by atoms with Crippen molar-refractivity contribution in [3.05, 3.63) is 28.0 Å². The number of benzene rings is 1. The van der Waals surface area contributed by atoms with Crippen molar-refractivity contribution >= 4 is 21.6 Å². The molecule has 21 heavy (non-hydrogen) atoms. The highest BCUT2D eigenvalue weighted by Gasteiger charge is 2.30. The second-order valence-electron chi connectivity index (χ2n) is 6.17. The van der Waals surface area contributed by atoms with E-state index in [4.69, 9.17) is 0 Å². The summed E-state index contributed by atoms with van der Waals surface area (Å²) in [5.41, 5.74) is 2.17. The monoisotopic (exact) mass is 356 g/mol. The number of anilines is 1. The fourth-order valence-electron chi connectivity index (χ4n) is 3.09. The van der Waals surface area contributed by atoms with Gasteiger partial charge >= 0.3 is 0 Å². The zero-order valence-corrected chi connectivity index (χ0v) is 15.0. The number of piperazine rings is 1. The van der Waals surface area contributed by atoms with Crippen LogP contribution in [0.15, 0.2) is 16.6 Å². The number of aryl methyl sites for hydroxylation is 1. The summed E-state index contributed by atoms with van der Waals surface area (Å²) < 4.78 is 14.5. The lowest BCUT2D eigenvalue weighted by Gasteiger charge is -2.44. The van der Waals surface area contributed by atoms with E-state index < -0.39 is 0 Å². The Bertz CT molecular complexity index is 492. The van der Waals surface area contributed by atoms with Crippen LogP contribution in [0.25, 0.3) is 0 Å². The quantitative estimate of drug-likeness (QED) is 0.854. The Morgan fingerprint density at radius 3 is 2.76 bits per heavy atom. The molecule has 0 amide bonds. The molecule has 0 bridgehead atoms. The Kier molecular flexibility index (Phi) is 5.67. The molecule has 1 fully saturated rings. The lowest BCUT2D eigenvalue weighted by molar-refractivity contribution is 0.306. The summed E-state index contributed by atoms with van der Waals surface area (Å²) in [5, 5.41) is 3.67. The molecular formula is C17H26BrFN2. The summed E-state index contributed by atoms with van der Waals surface area (Å²) in [7, 11) is 0. The van der Waals surface area contributed by atoms with Gasteiger partial charge < -0.3 is 10.2 Å². The second kappa shape index (κ2) is 7.10. The van der Waals surface area contributed by atoms with E-state index >= 15 is 0 Å². The van der Waals surface area contributed by atoms with E-state index in [1.807, 2.05) is 6.07 Å². The highest BCUT2D eigenvalue weighted by atomic mass is 79.9. The van der Waals surface area contributed by atoms with Gasteiger partial charge in [0.25, 0.3) is 0 Å². The number of nitrogens with zero attached hydrogens (tertiary/aromatic N) is 1. The first kappa shape index (κ1) is 16.8.